The van der Waals surface area contributed by atoms with Gasteiger partial charge in [-0.2, -0.15) is 0 Å². The molecule has 1 saturated carbocycles. The number of benzene rings is 2. The first-order chi connectivity index (χ1) is 22.7. The number of carbonyl (C=O) groups excluding carboxylic acids is 3. The molecular formula is C41H56O6Si. The van der Waals surface area contributed by atoms with Gasteiger partial charge < -0.3 is 13.9 Å². The van der Waals surface area contributed by atoms with Gasteiger partial charge in [-0.1, -0.05) is 114 Å². The van der Waals surface area contributed by atoms with E-state index in [1.54, 1.807) is 0 Å². The van der Waals surface area contributed by atoms with Crippen LogP contribution in [-0.4, -0.2) is 44.4 Å². The topological polar surface area (TPSA) is 78.9 Å². The quantitative estimate of drug-likeness (QED) is 0.148. The Morgan fingerprint density at radius 1 is 0.875 bits per heavy atom. The number of ketones is 1. The van der Waals surface area contributed by atoms with Crippen LogP contribution in [-0.2, 0) is 28.3 Å². The van der Waals surface area contributed by atoms with Gasteiger partial charge in [0.15, 0.2) is 0 Å². The summed E-state index contributed by atoms with van der Waals surface area (Å²) in [6.45, 7) is 16.8. The van der Waals surface area contributed by atoms with Crippen LogP contribution >= 0.6 is 0 Å². The molecule has 2 fully saturated rings. The molecule has 1 saturated heterocycles. The summed E-state index contributed by atoms with van der Waals surface area (Å²) >= 11 is 0. The number of carbonyl (C=O) groups is 3. The van der Waals surface area contributed by atoms with Gasteiger partial charge in [0.25, 0.3) is 8.32 Å². The fraction of sp³-hybridized carbons (Fsp3) is 0.585. The molecule has 3 aliphatic rings. The summed E-state index contributed by atoms with van der Waals surface area (Å²) in [5.41, 5.74) is -0.581. The Labute approximate surface area is 289 Å². The molecule has 1 aliphatic heterocycles. The summed E-state index contributed by atoms with van der Waals surface area (Å²) < 4.78 is 19.7. The van der Waals surface area contributed by atoms with Gasteiger partial charge >= 0.3 is 11.9 Å². The Hall–Kier alpha value is -3.03. The standard InChI is InChI=1S/C41H56O6Si/c1-9-41(7,8)39(44)46-35-24-28(3)38(43)34-22-20-27(2)33(37(34)35)23-21-29-25-30(26-36(42)45-29)47-48(40(4,5)6,31-16-12-10-13-17-31)32-18-14-11-15-19-32/h10-20,22,27-30,33-35,37H,9,21,23-26H2,1-8H3/t27-,28+,29+,30+,33-,34+,35-,37+/m0/s1. The van der Waals surface area contributed by atoms with Gasteiger partial charge in [0, 0.05) is 24.2 Å². The number of allylic oxidation sites excluding steroid dienone is 2. The first-order valence-electron chi connectivity index (χ1n) is 18.1. The molecule has 2 aliphatic carbocycles. The first-order valence-corrected chi connectivity index (χ1v) is 20.0. The molecule has 6 nitrogen and oxygen atoms in total. The first kappa shape index (κ1) is 36.3. The molecule has 0 unspecified atom stereocenters. The van der Waals surface area contributed by atoms with Crippen molar-refractivity contribution in [1.29, 1.82) is 0 Å². The summed E-state index contributed by atoms with van der Waals surface area (Å²) in [5, 5.41) is 2.18. The van der Waals surface area contributed by atoms with E-state index in [-0.39, 0.29) is 77.1 Å². The van der Waals surface area contributed by atoms with Gasteiger partial charge in [-0.05, 0) is 66.8 Å². The van der Waals surface area contributed by atoms with E-state index in [4.69, 9.17) is 13.9 Å². The molecule has 0 aromatic heterocycles. The van der Waals surface area contributed by atoms with E-state index < -0.39 is 13.7 Å². The van der Waals surface area contributed by atoms with Crippen molar-refractivity contribution >= 4 is 36.4 Å². The van der Waals surface area contributed by atoms with Crippen molar-refractivity contribution in [2.24, 2.45) is 35.0 Å². The lowest BCUT2D eigenvalue weighted by Crippen LogP contribution is -2.68. The van der Waals surface area contributed by atoms with Crippen LogP contribution < -0.4 is 10.4 Å². The summed E-state index contributed by atoms with van der Waals surface area (Å²) in [6, 6.07) is 21.1. The van der Waals surface area contributed by atoms with Crippen molar-refractivity contribution in [2.75, 3.05) is 0 Å². The van der Waals surface area contributed by atoms with Crippen LogP contribution in [0.15, 0.2) is 72.8 Å². The molecule has 8 atom stereocenters. The Kier molecular flexibility index (Phi) is 10.9. The number of hydrogen-bond acceptors (Lipinski definition) is 6. The van der Waals surface area contributed by atoms with Crippen molar-refractivity contribution in [3.05, 3.63) is 72.8 Å². The minimum Gasteiger partial charge on any atom is -0.462 e. The van der Waals surface area contributed by atoms with Gasteiger partial charge in [-0.25, -0.2) is 0 Å². The van der Waals surface area contributed by atoms with E-state index in [9.17, 15) is 14.4 Å². The van der Waals surface area contributed by atoms with Crippen molar-refractivity contribution < 1.29 is 28.3 Å². The molecule has 0 radical (unpaired) electrons. The molecule has 0 bridgehead atoms. The normalized spacial score (nSPS) is 29.6. The SMILES string of the molecule is CCC(C)(C)C(=O)O[C@H]1C[C@@H](C)C(=O)[C@@H]2C=C[C@H](C)[C@H](CC[C@@H]3C[C@@H](O[Si](c4ccccc4)(c4ccccc4)C(C)(C)C)CC(=O)O3)[C@@H]12. The van der Waals surface area contributed by atoms with Gasteiger partial charge in [0.1, 0.15) is 18.0 Å². The molecule has 48 heavy (non-hydrogen) atoms. The molecule has 7 heteroatoms. The van der Waals surface area contributed by atoms with Crippen LogP contribution in [0.25, 0.3) is 0 Å². The Bertz CT molecular complexity index is 1420. The van der Waals surface area contributed by atoms with E-state index >= 15 is 0 Å². The zero-order chi connectivity index (χ0) is 34.9. The molecular weight excluding hydrogens is 617 g/mol. The fourth-order valence-corrected chi connectivity index (χ4v) is 13.1. The second-order valence-corrected chi connectivity index (χ2v) is 20.5. The minimum atomic E-state index is -2.85. The van der Waals surface area contributed by atoms with E-state index in [1.807, 2.05) is 39.8 Å². The number of rotatable bonds is 10. The highest BCUT2D eigenvalue weighted by atomic mass is 28.4. The van der Waals surface area contributed by atoms with E-state index in [0.717, 1.165) is 6.42 Å². The van der Waals surface area contributed by atoms with Crippen LogP contribution in [0.1, 0.15) is 93.9 Å². The maximum atomic E-state index is 13.5. The number of fused-ring (bicyclic) bond motifs is 1. The van der Waals surface area contributed by atoms with E-state index in [0.29, 0.717) is 25.7 Å². The molecule has 260 valence electrons. The van der Waals surface area contributed by atoms with Crippen LogP contribution in [0, 0.1) is 35.0 Å². The predicted octanol–water partition coefficient (Wildman–Crippen LogP) is 7.43. The third-order valence-corrected chi connectivity index (χ3v) is 16.6. The number of ether oxygens (including phenoxy) is 2. The molecule has 5 rings (SSSR count). The summed E-state index contributed by atoms with van der Waals surface area (Å²) in [4.78, 5) is 40.0. The third-order valence-electron chi connectivity index (χ3n) is 11.5. The minimum absolute atomic E-state index is 0.0891. The molecule has 0 amide bonds. The maximum absolute atomic E-state index is 13.5. The highest BCUT2D eigenvalue weighted by Crippen LogP contribution is 2.47. The van der Waals surface area contributed by atoms with Gasteiger partial charge in [-0.15, -0.1) is 0 Å². The van der Waals surface area contributed by atoms with Crippen molar-refractivity contribution in [3.63, 3.8) is 0 Å². The molecule has 0 N–H and O–H groups in total. The maximum Gasteiger partial charge on any atom is 0.311 e. The number of esters is 2. The summed E-state index contributed by atoms with van der Waals surface area (Å²) in [6.07, 6.45) is 6.87. The van der Waals surface area contributed by atoms with Crippen LogP contribution in [0.5, 0.6) is 0 Å². The van der Waals surface area contributed by atoms with E-state index in [2.05, 4.69) is 88.4 Å². The second kappa shape index (κ2) is 14.4. The highest BCUT2D eigenvalue weighted by Gasteiger charge is 2.53. The van der Waals surface area contributed by atoms with Crippen LogP contribution in [0.3, 0.4) is 0 Å². The molecule has 2 aromatic rings. The number of cyclic esters (lactones) is 1. The average molecular weight is 673 g/mol. The lowest BCUT2D eigenvalue weighted by molar-refractivity contribution is -0.173. The zero-order valence-corrected chi connectivity index (χ0v) is 31.2. The van der Waals surface area contributed by atoms with Crippen LogP contribution in [0.4, 0.5) is 0 Å². The fourth-order valence-electron chi connectivity index (χ4n) is 8.38. The van der Waals surface area contributed by atoms with Crippen molar-refractivity contribution in [3.8, 4) is 0 Å². The van der Waals surface area contributed by atoms with Gasteiger partial charge in [-0.3, -0.25) is 14.4 Å². The average Bonchev–Trinajstić information content (AvgIpc) is 3.05. The third kappa shape index (κ3) is 7.28. The molecule has 2 aromatic carbocycles. The largest absolute Gasteiger partial charge is 0.462 e. The Morgan fingerprint density at radius 3 is 2.04 bits per heavy atom. The molecule has 1 heterocycles. The summed E-state index contributed by atoms with van der Waals surface area (Å²) in [5.74, 6) is -0.373. The monoisotopic (exact) mass is 672 g/mol. The Morgan fingerprint density at radius 2 is 1.48 bits per heavy atom. The lowest BCUT2D eigenvalue weighted by atomic mass is 9.60. The van der Waals surface area contributed by atoms with Gasteiger partial charge in [0.2, 0.25) is 0 Å². The molecule has 0 spiro atoms. The Balaban J connectivity index is 1.38. The van der Waals surface area contributed by atoms with E-state index in [1.165, 1.54) is 10.4 Å². The smallest absolute Gasteiger partial charge is 0.311 e. The highest BCUT2D eigenvalue weighted by molar-refractivity contribution is 6.99. The van der Waals surface area contributed by atoms with Crippen molar-refractivity contribution in [1.82, 2.24) is 0 Å². The summed E-state index contributed by atoms with van der Waals surface area (Å²) in [7, 11) is -2.85. The zero-order valence-electron chi connectivity index (χ0n) is 30.2. The number of hydrogen-bond donors (Lipinski definition) is 0. The van der Waals surface area contributed by atoms with Crippen molar-refractivity contribution in [2.45, 2.75) is 117 Å². The van der Waals surface area contributed by atoms with Gasteiger partial charge in [0.05, 0.1) is 17.9 Å². The number of Topliss-reactive ketones (excluding diaryl/α,β-unsaturated/α-hetero) is 1. The lowest BCUT2D eigenvalue weighted by Gasteiger charge is -2.47. The van der Waals surface area contributed by atoms with Crippen LogP contribution in [0.2, 0.25) is 5.04 Å². The second-order valence-electron chi connectivity index (χ2n) is 16.3. The predicted molar refractivity (Wildman–Crippen MR) is 192 cm³/mol.